The number of halogens is 2. The van der Waals surface area contributed by atoms with Crippen molar-refractivity contribution in [1.29, 1.82) is 0 Å². The molecule has 3 heterocycles. The quantitative estimate of drug-likeness (QED) is 0.341. The lowest BCUT2D eigenvalue weighted by molar-refractivity contribution is -0.386. The molecule has 2 aromatic heterocycles. The zero-order chi connectivity index (χ0) is 21.0. The molecule has 0 N–H and O–H groups in total. The molecule has 1 saturated heterocycles. The summed E-state index contributed by atoms with van der Waals surface area (Å²) in [4.78, 5) is 19.1. The van der Waals surface area contributed by atoms with E-state index in [2.05, 4.69) is 15.1 Å². The highest BCUT2D eigenvalue weighted by atomic mass is 35.5. The van der Waals surface area contributed by atoms with E-state index in [4.69, 9.17) is 32.7 Å². The third-order valence-corrected chi connectivity index (χ3v) is 5.48. The minimum absolute atomic E-state index is 0.0642. The molecule has 0 aliphatic carbocycles. The van der Waals surface area contributed by atoms with Gasteiger partial charge in [0.15, 0.2) is 0 Å². The van der Waals surface area contributed by atoms with E-state index in [1.165, 1.54) is 6.20 Å². The van der Waals surface area contributed by atoms with Crippen molar-refractivity contribution in [1.82, 2.24) is 19.7 Å². The van der Waals surface area contributed by atoms with Crippen LogP contribution in [-0.4, -0.2) is 44.5 Å². The Labute approximate surface area is 178 Å². The van der Waals surface area contributed by atoms with Crippen LogP contribution in [0.5, 0.6) is 5.88 Å². The normalized spacial score (nSPS) is 16.0. The van der Waals surface area contributed by atoms with Crippen LogP contribution in [0.15, 0.2) is 6.20 Å². The number of aromatic nitrogens is 4. The minimum Gasteiger partial charge on any atom is -0.472 e. The van der Waals surface area contributed by atoms with E-state index in [0.717, 1.165) is 12.8 Å². The fourth-order valence-electron chi connectivity index (χ4n) is 3.39. The SMILES string of the molecule is Cc1c([N+](=O)[O-])c(OCCC(C)Cc2nc(Cl)ncc2Cl)nn1C1CCOCC1. The van der Waals surface area contributed by atoms with Crippen molar-refractivity contribution in [2.24, 2.45) is 5.92 Å². The van der Waals surface area contributed by atoms with Crippen molar-refractivity contribution in [3.8, 4) is 5.88 Å². The Bertz CT molecular complexity index is 870. The molecule has 29 heavy (non-hydrogen) atoms. The fraction of sp³-hybridized carbons (Fsp3) is 0.611. The van der Waals surface area contributed by atoms with Crippen LogP contribution < -0.4 is 4.74 Å². The second kappa shape index (κ2) is 9.69. The number of rotatable bonds is 8. The summed E-state index contributed by atoms with van der Waals surface area (Å²) >= 11 is 11.9. The standard InChI is InChI=1S/C18H23Cl2N5O4/c1-11(9-15-14(19)10-21-18(20)22-15)3-8-29-17-16(25(26)27)12(2)24(23-17)13-4-6-28-7-5-13/h10-11,13H,3-9H2,1-2H3. The molecule has 1 aliphatic rings. The van der Waals surface area contributed by atoms with Crippen molar-refractivity contribution in [2.45, 2.75) is 45.6 Å². The first kappa shape index (κ1) is 21.7. The summed E-state index contributed by atoms with van der Waals surface area (Å²) in [7, 11) is 0. The van der Waals surface area contributed by atoms with E-state index < -0.39 is 4.92 Å². The van der Waals surface area contributed by atoms with Crippen molar-refractivity contribution in [3.05, 3.63) is 38.0 Å². The van der Waals surface area contributed by atoms with Crippen molar-refractivity contribution < 1.29 is 14.4 Å². The molecule has 1 atom stereocenters. The summed E-state index contributed by atoms with van der Waals surface area (Å²) < 4.78 is 12.8. The molecule has 2 aromatic rings. The van der Waals surface area contributed by atoms with Gasteiger partial charge < -0.3 is 9.47 Å². The minimum atomic E-state index is -0.431. The van der Waals surface area contributed by atoms with Crippen LogP contribution in [0, 0.1) is 23.0 Å². The van der Waals surface area contributed by atoms with Gasteiger partial charge in [-0.15, -0.1) is 5.10 Å². The molecule has 1 unspecified atom stereocenters. The van der Waals surface area contributed by atoms with Gasteiger partial charge in [-0.25, -0.2) is 9.97 Å². The molecule has 0 spiro atoms. The van der Waals surface area contributed by atoms with Gasteiger partial charge in [0.2, 0.25) is 5.28 Å². The predicted molar refractivity (Wildman–Crippen MR) is 108 cm³/mol. The average Bonchev–Trinajstić information content (AvgIpc) is 3.02. The molecule has 0 aromatic carbocycles. The van der Waals surface area contributed by atoms with Gasteiger partial charge in [0.05, 0.1) is 34.5 Å². The van der Waals surface area contributed by atoms with Crippen molar-refractivity contribution in [2.75, 3.05) is 19.8 Å². The smallest absolute Gasteiger partial charge is 0.352 e. The zero-order valence-corrected chi connectivity index (χ0v) is 17.8. The first-order valence-corrected chi connectivity index (χ1v) is 10.2. The Balaban J connectivity index is 1.63. The lowest BCUT2D eigenvalue weighted by Crippen LogP contribution is -2.21. The largest absolute Gasteiger partial charge is 0.472 e. The lowest BCUT2D eigenvalue weighted by Gasteiger charge is -2.22. The van der Waals surface area contributed by atoms with E-state index >= 15 is 0 Å². The molecule has 1 aliphatic heterocycles. The molecule has 3 rings (SSSR count). The first-order chi connectivity index (χ1) is 13.9. The van der Waals surface area contributed by atoms with Gasteiger partial charge in [0, 0.05) is 13.2 Å². The Kier molecular flexibility index (Phi) is 7.26. The highest BCUT2D eigenvalue weighted by Gasteiger charge is 2.30. The van der Waals surface area contributed by atoms with E-state index in [0.29, 0.717) is 49.1 Å². The second-order valence-corrected chi connectivity index (χ2v) is 7.91. The predicted octanol–water partition coefficient (Wildman–Crippen LogP) is 4.20. The zero-order valence-electron chi connectivity index (χ0n) is 16.3. The summed E-state index contributed by atoms with van der Waals surface area (Å²) in [6, 6.07) is 0.0865. The Hall–Kier alpha value is -1.97. The number of hydrogen-bond donors (Lipinski definition) is 0. The van der Waals surface area contributed by atoms with Crippen LogP contribution in [0.1, 0.15) is 43.6 Å². The monoisotopic (exact) mass is 443 g/mol. The summed E-state index contributed by atoms with van der Waals surface area (Å²) in [5.74, 6) is 0.241. The number of hydrogen-bond acceptors (Lipinski definition) is 7. The maximum absolute atomic E-state index is 11.6. The van der Waals surface area contributed by atoms with Gasteiger partial charge in [-0.1, -0.05) is 18.5 Å². The molecular formula is C18H23Cl2N5O4. The topological polar surface area (TPSA) is 105 Å². The molecule has 11 heteroatoms. The molecule has 0 saturated carbocycles. The van der Waals surface area contributed by atoms with Crippen LogP contribution in [0.3, 0.4) is 0 Å². The average molecular weight is 444 g/mol. The first-order valence-electron chi connectivity index (χ1n) is 9.47. The van der Waals surface area contributed by atoms with E-state index in [9.17, 15) is 10.1 Å². The van der Waals surface area contributed by atoms with Crippen LogP contribution in [0.2, 0.25) is 10.3 Å². The van der Waals surface area contributed by atoms with Gasteiger partial charge in [0.25, 0.3) is 0 Å². The second-order valence-electron chi connectivity index (χ2n) is 7.16. The summed E-state index contributed by atoms with van der Waals surface area (Å²) in [6.45, 7) is 5.28. The van der Waals surface area contributed by atoms with Crippen molar-refractivity contribution in [3.63, 3.8) is 0 Å². The van der Waals surface area contributed by atoms with Crippen LogP contribution in [0.4, 0.5) is 5.69 Å². The number of nitrogens with zero attached hydrogens (tertiary/aromatic N) is 5. The molecule has 158 valence electrons. The third kappa shape index (κ3) is 5.34. The van der Waals surface area contributed by atoms with Gasteiger partial charge in [0.1, 0.15) is 5.69 Å². The Morgan fingerprint density at radius 1 is 1.41 bits per heavy atom. The maximum Gasteiger partial charge on any atom is 0.352 e. The van der Waals surface area contributed by atoms with Crippen molar-refractivity contribution >= 4 is 28.9 Å². The highest BCUT2D eigenvalue weighted by molar-refractivity contribution is 6.31. The molecule has 9 nitrogen and oxygen atoms in total. The van der Waals surface area contributed by atoms with E-state index in [1.54, 1.807) is 11.6 Å². The molecule has 0 amide bonds. The van der Waals surface area contributed by atoms with Gasteiger partial charge in [-0.2, -0.15) is 0 Å². The fourth-order valence-corrected chi connectivity index (χ4v) is 3.71. The van der Waals surface area contributed by atoms with Crippen LogP contribution in [0.25, 0.3) is 0 Å². The van der Waals surface area contributed by atoms with Crippen LogP contribution >= 0.6 is 23.2 Å². The molecule has 0 radical (unpaired) electrons. The summed E-state index contributed by atoms with van der Waals surface area (Å²) in [5, 5.41) is 16.6. The number of ether oxygens (including phenoxy) is 2. The molecule has 1 fully saturated rings. The van der Waals surface area contributed by atoms with Gasteiger partial charge in [-0.3, -0.25) is 14.8 Å². The van der Waals surface area contributed by atoms with Gasteiger partial charge >= 0.3 is 11.6 Å². The highest BCUT2D eigenvalue weighted by Crippen LogP contribution is 2.34. The van der Waals surface area contributed by atoms with Gasteiger partial charge in [-0.05, 0) is 50.1 Å². The summed E-state index contributed by atoms with van der Waals surface area (Å²) in [6.07, 6.45) is 4.28. The van der Waals surface area contributed by atoms with E-state index in [-0.39, 0.29) is 28.8 Å². The maximum atomic E-state index is 11.6. The number of nitro groups is 1. The third-order valence-electron chi connectivity index (χ3n) is 4.99. The van der Waals surface area contributed by atoms with E-state index in [1.807, 2.05) is 6.92 Å². The Morgan fingerprint density at radius 3 is 2.83 bits per heavy atom. The molecular weight excluding hydrogens is 421 g/mol. The summed E-state index contributed by atoms with van der Waals surface area (Å²) in [5.41, 5.74) is 1.10. The Morgan fingerprint density at radius 2 is 2.14 bits per heavy atom. The lowest BCUT2D eigenvalue weighted by atomic mass is 10.0. The van der Waals surface area contributed by atoms with Crippen LogP contribution in [-0.2, 0) is 11.2 Å². The molecule has 0 bridgehead atoms.